The van der Waals surface area contributed by atoms with Gasteiger partial charge in [-0.3, -0.25) is 14.4 Å². The normalized spacial score (nSPS) is 15.6. The van der Waals surface area contributed by atoms with Gasteiger partial charge < -0.3 is 25.0 Å². The molecule has 0 radical (unpaired) electrons. The summed E-state index contributed by atoms with van der Waals surface area (Å²) >= 11 is 0. The maximum absolute atomic E-state index is 12.9. The van der Waals surface area contributed by atoms with Crippen LogP contribution in [0.4, 0.5) is 16.2 Å². The van der Waals surface area contributed by atoms with E-state index in [2.05, 4.69) is 10.6 Å². The van der Waals surface area contributed by atoms with Crippen molar-refractivity contribution in [3.63, 3.8) is 0 Å². The van der Waals surface area contributed by atoms with Gasteiger partial charge in [0, 0.05) is 24.1 Å². The van der Waals surface area contributed by atoms with E-state index in [1.165, 1.54) is 24.3 Å². The molecule has 0 aliphatic carbocycles. The number of para-hydroxylation sites is 2. The van der Waals surface area contributed by atoms with Crippen molar-refractivity contribution in [2.75, 3.05) is 23.8 Å². The van der Waals surface area contributed by atoms with Gasteiger partial charge in [0.15, 0.2) is 0 Å². The average Bonchev–Trinajstić information content (AvgIpc) is 3.18. The van der Waals surface area contributed by atoms with Crippen LogP contribution in [0.3, 0.4) is 0 Å². The summed E-state index contributed by atoms with van der Waals surface area (Å²) in [5.74, 6) is -0.952. The van der Waals surface area contributed by atoms with E-state index in [0.717, 1.165) is 0 Å². The fourth-order valence-electron chi connectivity index (χ4n) is 3.58. The molecule has 3 amide bonds. The lowest BCUT2D eigenvalue weighted by atomic mass is 10.1. The summed E-state index contributed by atoms with van der Waals surface area (Å²) in [6.45, 7) is 8.02. The first kappa shape index (κ1) is 24.8. The minimum Gasteiger partial charge on any atom is -0.434 e. The summed E-state index contributed by atoms with van der Waals surface area (Å²) in [4.78, 5) is 51.0. The lowest BCUT2D eigenvalue weighted by Crippen LogP contribution is -2.42. The molecule has 9 heteroatoms. The number of nitrogens with one attached hydrogen (secondary N) is 2. The zero-order valence-electron chi connectivity index (χ0n) is 19.7. The number of hydrogen-bond acceptors (Lipinski definition) is 6. The highest BCUT2D eigenvalue weighted by atomic mass is 16.7. The monoisotopic (exact) mass is 467 g/mol. The van der Waals surface area contributed by atoms with Gasteiger partial charge in [0.2, 0.25) is 11.8 Å². The number of carbonyl (C=O) groups excluding carboxylic acids is 4. The number of likely N-dealkylation sites (tertiary alicyclic amines) is 1. The largest absolute Gasteiger partial charge is 0.513 e. The molecule has 2 N–H and O–H groups in total. The Morgan fingerprint density at radius 2 is 1.62 bits per heavy atom. The van der Waals surface area contributed by atoms with Gasteiger partial charge in [-0.05, 0) is 64.1 Å². The predicted molar refractivity (Wildman–Crippen MR) is 127 cm³/mol. The smallest absolute Gasteiger partial charge is 0.434 e. The van der Waals surface area contributed by atoms with Crippen molar-refractivity contribution < 1.29 is 28.7 Å². The highest BCUT2D eigenvalue weighted by Crippen LogP contribution is 2.28. The van der Waals surface area contributed by atoms with Gasteiger partial charge >= 0.3 is 6.16 Å². The maximum atomic E-state index is 12.9. The molecule has 1 saturated heterocycles. The van der Waals surface area contributed by atoms with Crippen molar-refractivity contribution in [3.05, 3.63) is 54.1 Å². The number of ether oxygens (including phenoxy) is 2. The number of hydrogen-bond donors (Lipinski definition) is 2. The highest BCUT2D eigenvalue weighted by Gasteiger charge is 2.39. The van der Waals surface area contributed by atoms with Crippen molar-refractivity contribution in [2.24, 2.45) is 5.92 Å². The van der Waals surface area contributed by atoms with Crippen LogP contribution in [0.15, 0.2) is 48.5 Å². The minimum absolute atomic E-state index is 0.0513. The van der Waals surface area contributed by atoms with Crippen LogP contribution < -0.4 is 15.4 Å². The average molecular weight is 468 g/mol. The van der Waals surface area contributed by atoms with E-state index >= 15 is 0 Å². The first-order chi connectivity index (χ1) is 16.1. The third-order valence-corrected chi connectivity index (χ3v) is 5.32. The molecule has 2 aromatic carbocycles. The fraction of sp³-hybridized carbons (Fsp3) is 0.360. The van der Waals surface area contributed by atoms with Gasteiger partial charge in [0.1, 0.15) is 5.75 Å². The van der Waals surface area contributed by atoms with E-state index in [0.29, 0.717) is 23.5 Å². The van der Waals surface area contributed by atoms with Gasteiger partial charge in [-0.25, -0.2) is 4.79 Å². The number of anilines is 2. The minimum atomic E-state index is -0.820. The SMILES string of the molecule is CCOC(=O)Oc1ccc(C(=O)Nc2ccccc2NC(=O)C2CC(=O)N(C(C)(C)C)C2)cc1. The number of amides is 3. The topological polar surface area (TPSA) is 114 Å². The number of carbonyl (C=O) groups is 4. The number of rotatable bonds is 6. The van der Waals surface area contributed by atoms with Crippen molar-refractivity contribution in [1.82, 2.24) is 4.90 Å². The Kier molecular flexibility index (Phi) is 7.55. The van der Waals surface area contributed by atoms with Crippen molar-refractivity contribution in [3.8, 4) is 5.75 Å². The van der Waals surface area contributed by atoms with Crippen LogP contribution in [0.1, 0.15) is 44.5 Å². The lowest BCUT2D eigenvalue weighted by Gasteiger charge is -2.32. The Balaban J connectivity index is 1.65. The molecular formula is C25H29N3O6. The molecule has 3 rings (SSSR count). The zero-order valence-corrected chi connectivity index (χ0v) is 19.7. The Morgan fingerprint density at radius 3 is 2.18 bits per heavy atom. The summed E-state index contributed by atoms with van der Waals surface area (Å²) in [6, 6.07) is 12.8. The van der Waals surface area contributed by atoms with Crippen LogP contribution in [0.5, 0.6) is 5.75 Å². The van der Waals surface area contributed by atoms with E-state index in [1.807, 2.05) is 20.8 Å². The molecule has 9 nitrogen and oxygen atoms in total. The molecule has 0 aromatic heterocycles. The van der Waals surface area contributed by atoms with E-state index < -0.39 is 18.0 Å². The molecule has 2 aromatic rings. The second-order valence-corrected chi connectivity index (χ2v) is 8.87. The van der Waals surface area contributed by atoms with E-state index in [-0.39, 0.29) is 36.1 Å². The number of nitrogens with zero attached hydrogens (tertiary/aromatic N) is 1. The Bertz CT molecular complexity index is 1070. The summed E-state index contributed by atoms with van der Waals surface area (Å²) in [7, 11) is 0. The van der Waals surface area contributed by atoms with Crippen molar-refractivity contribution in [1.29, 1.82) is 0 Å². The van der Waals surface area contributed by atoms with Crippen LogP contribution in [0, 0.1) is 5.92 Å². The first-order valence-electron chi connectivity index (χ1n) is 11.0. The molecule has 1 unspecified atom stereocenters. The molecule has 1 aliphatic heterocycles. The predicted octanol–water partition coefficient (Wildman–Crippen LogP) is 4.06. The molecule has 0 bridgehead atoms. The molecule has 1 atom stereocenters. The third kappa shape index (κ3) is 6.12. The Hall–Kier alpha value is -3.88. The molecular weight excluding hydrogens is 438 g/mol. The van der Waals surface area contributed by atoms with Crippen LogP contribution >= 0.6 is 0 Å². The second-order valence-electron chi connectivity index (χ2n) is 8.87. The zero-order chi connectivity index (χ0) is 24.9. The third-order valence-electron chi connectivity index (χ3n) is 5.32. The van der Waals surface area contributed by atoms with Crippen LogP contribution in [0.2, 0.25) is 0 Å². The highest BCUT2D eigenvalue weighted by molar-refractivity contribution is 6.07. The standard InChI is InChI=1S/C25H29N3O6/c1-5-33-24(32)34-18-12-10-16(11-13-18)22(30)26-19-8-6-7-9-20(19)27-23(31)17-14-21(29)28(15-17)25(2,3)4/h6-13,17H,5,14-15H2,1-4H3,(H,26,30)(H,27,31). The van der Waals surface area contributed by atoms with E-state index in [1.54, 1.807) is 36.1 Å². The molecule has 0 saturated carbocycles. The Labute approximate surface area is 198 Å². The Morgan fingerprint density at radius 1 is 1.00 bits per heavy atom. The second kappa shape index (κ2) is 10.4. The quantitative estimate of drug-likeness (QED) is 0.489. The first-order valence-corrected chi connectivity index (χ1v) is 11.0. The van der Waals surface area contributed by atoms with Gasteiger partial charge in [-0.15, -0.1) is 0 Å². The molecule has 34 heavy (non-hydrogen) atoms. The molecule has 1 fully saturated rings. The molecule has 1 heterocycles. The van der Waals surface area contributed by atoms with Gasteiger partial charge in [-0.2, -0.15) is 0 Å². The molecule has 180 valence electrons. The summed E-state index contributed by atoms with van der Waals surface area (Å²) in [5.41, 5.74) is 0.837. The van der Waals surface area contributed by atoms with Gasteiger partial charge in [-0.1, -0.05) is 12.1 Å². The van der Waals surface area contributed by atoms with E-state index in [4.69, 9.17) is 9.47 Å². The van der Waals surface area contributed by atoms with Crippen LogP contribution in [0.25, 0.3) is 0 Å². The summed E-state index contributed by atoms with van der Waals surface area (Å²) in [6.07, 6.45) is -0.670. The van der Waals surface area contributed by atoms with Crippen molar-refractivity contribution in [2.45, 2.75) is 39.7 Å². The lowest BCUT2D eigenvalue weighted by molar-refractivity contribution is -0.131. The van der Waals surface area contributed by atoms with Crippen molar-refractivity contribution >= 4 is 35.3 Å². The van der Waals surface area contributed by atoms with E-state index in [9.17, 15) is 19.2 Å². The number of benzene rings is 2. The molecule has 0 spiro atoms. The van der Waals surface area contributed by atoms with Gasteiger partial charge in [0.25, 0.3) is 5.91 Å². The van der Waals surface area contributed by atoms with Crippen LogP contribution in [-0.2, 0) is 14.3 Å². The summed E-state index contributed by atoms with van der Waals surface area (Å²) < 4.78 is 9.70. The summed E-state index contributed by atoms with van der Waals surface area (Å²) in [5, 5.41) is 5.62. The van der Waals surface area contributed by atoms with Gasteiger partial charge in [0.05, 0.1) is 23.9 Å². The molecule has 1 aliphatic rings. The fourth-order valence-corrected chi connectivity index (χ4v) is 3.58. The maximum Gasteiger partial charge on any atom is 0.513 e. The van der Waals surface area contributed by atoms with Crippen LogP contribution in [-0.4, -0.2) is 47.5 Å².